The number of carbonyl (C=O) groups is 2. The van der Waals surface area contributed by atoms with Crippen molar-refractivity contribution in [1.29, 1.82) is 0 Å². The highest BCUT2D eigenvalue weighted by molar-refractivity contribution is 9.10. The van der Waals surface area contributed by atoms with Crippen LogP contribution in [0.4, 0.5) is 0 Å². The zero-order valence-corrected chi connectivity index (χ0v) is 12.9. The number of likely N-dealkylation sites (N-methyl/N-ethyl adjacent to an activating group) is 1. The van der Waals surface area contributed by atoms with Crippen LogP contribution in [0.3, 0.4) is 0 Å². The third-order valence-corrected chi connectivity index (χ3v) is 4.74. The molecule has 1 aromatic rings. The second kappa shape index (κ2) is 5.40. The minimum atomic E-state index is -0.607. The van der Waals surface area contributed by atoms with Gasteiger partial charge in [0.1, 0.15) is 0 Å². The Bertz CT molecular complexity index is 466. The minimum Gasteiger partial charge on any atom is -0.322 e. The van der Waals surface area contributed by atoms with Crippen molar-refractivity contribution < 1.29 is 9.59 Å². The van der Waals surface area contributed by atoms with Gasteiger partial charge in [0.2, 0.25) is 0 Å². The van der Waals surface area contributed by atoms with Crippen LogP contribution in [0.5, 0.6) is 0 Å². The summed E-state index contributed by atoms with van der Waals surface area (Å²) in [4.78, 5) is 25.8. The lowest BCUT2D eigenvalue weighted by molar-refractivity contribution is -0.152. The Morgan fingerprint density at radius 3 is 2.28 bits per heavy atom. The number of rotatable bonds is 2. The summed E-state index contributed by atoms with van der Waals surface area (Å²) in [7, 11) is 1.60. The van der Waals surface area contributed by atoms with Crippen LogP contribution < -0.4 is 0 Å². The summed E-state index contributed by atoms with van der Waals surface area (Å²) in [5.41, 5.74) is 0.993. The molecular weight excluding hydrogens is 364 g/mol. The van der Waals surface area contributed by atoms with E-state index in [-0.39, 0.29) is 11.8 Å². The molecule has 2 rings (SSSR count). The van der Waals surface area contributed by atoms with Gasteiger partial charge >= 0.3 is 0 Å². The number of hydrogen-bond donors (Lipinski definition) is 0. The Morgan fingerprint density at radius 2 is 1.67 bits per heavy atom. The molecule has 0 aliphatic carbocycles. The maximum atomic E-state index is 12.2. The van der Waals surface area contributed by atoms with E-state index in [1.165, 1.54) is 9.80 Å². The van der Waals surface area contributed by atoms with E-state index in [1.54, 1.807) is 7.05 Å². The van der Waals surface area contributed by atoms with Crippen LogP contribution in [-0.4, -0.2) is 38.6 Å². The molecule has 1 fully saturated rings. The van der Waals surface area contributed by atoms with Crippen molar-refractivity contribution >= 4 is 43.7 Å². The van der Waals surface area contributed by atoms with E-state index >= 15 is 0 Å². The highest BCUT2D eigenvalue weighted by Gasteiger charge is 2.41. The zero-order valence-electron chi connectivity index (χ0n) is 9.72. The first-order chi connectivity index (χ1) is 8.52. The van der Waals surface area contributed by atoms with Crippen LogP contribution in [0.2, 0.25) is 0 Å². The number of benzene rings is 1. The van der Waals surface area contributed by atoms with Crippen LogP contribution >= 0.6 is 31.9 Å². The van der Waals surface area contributed by atoms with Crippen molar-refractivity contribution in [3.8, 4) is 0 Å². The van der Waals surface area contributed by atoms with E-state index in [0.717, 1.165) is 5.56 Å². The average molecular weight is 376 g/mol. The van der Waals surface area contributed by atoms with Gasteiger partial charge in [0.05, 0.1) is 0 Å². The number of halogens is 2. The minimum absolute atomic E-state index is 0.122. The van der Waals surface area contributed by atoms with Gasteiger partial charge in [0.25, 0.3) is 11.8 Å². The summed E-state index contributed by atoms with van der Waals surface area (Å²) in [6, 6.07) is 9.59. The molecule has 1 heterocycles. The number of nitrogens with zero attached hydrogens (tertiary/aromatic N) is 2. The van der Waals surface area contributed by atoms with Crippen LogP contribution in [0, 0.1) is 0 Å². The van der Waals surface area contributed by atoms with Gasteiger partial charge in [-0.2, -0.15) is 0 Å². The number of carbonyl (C=O) groups excluding carboxylic acids is 2. The van der Waals surface area contributed by atoms with Gasteiger partial charge in [-0.25, -0.2) is 0 Å². The monoisotopic (exact) mass is 374 g/mol. The van der Waals surface area contributed by atoms with Crippen molar-refractivity contribution in [2.45, 2.75) is 16.4 Å². The van der Waals surface area contributed by atoms with Crippen molar-refractivity contribution in [2.75, 3.05) is 7.05 Å². The van der Waals surface area contributed by atoms with E-state index in [9.17, 15) is 9.59 Å². The van der Waals surface area contributed by atoms with E-state index in [2.05, 4.69) is 31.9 Å². The Morgan fingerprint density at radius 1 is 1.06 bits per heavy atom. The molecule has 1 aliphatic heterocycles. The third-order valence-electron chi connectivity index (χ3n) is 2.85. The molecule has 2 unspecified atom stereocenters. The Hall–Kier alpha value is -0.880. The van der Waals surface area contributed by atoms with Crippen LogP contribution in [-0.2, 0) is 16.1 Å². The molecule has 1 aromatic carbocycles. The van der Waals surface area contributed by atoms with Gasteiger partial charge in [-0.1, -0.05) is 62.2 Å². The quantitative estimate of drug-likeness (QED) is 0.585. The molecule has 1 saturated heterocycles. The third kappa shape index (κ3) is 2.44. The maximum Gasteiger partial charge on any atom is 0.258 e. The SMILES string of the molecule is CN1C(=O)C(Br)N(Cc2ccccc2)C(=O)C1Br. The second-order valence-corrected chi connectivity index (χ2v) is 5.81. The second-order valence-electron chi connectivity index (χ2n) is 4.07. The maximum absolute atomic E-state index is 12.2. The van der Waals surface area contributed by atoms with E-state index in [4.69, 9.17) is 0 Å². The molecule has 4 nitrogen and oxygen atoms in total. The molecule has 0 aromatic heterocycles. The highest BCUT2D eigenvalue weighted by Crippen LogP contribution is 2.25. The first-order valence-electron chi connectivity index (χ1n) is 5.41. The molecule has 0 spiro atoms. The molecule has 2 atom stereocenters. The summed E-state index contributed by atoms with van der Waals surface area (Å²) in [6.07, 6.45) is 0. The largest absolute Gasteiger partial charge is 0.322 e. The zero-order chi connectivity index (χ0) is 13.3. The Balaban J connectivity index is 2.21. The summed E-state index contributed by atoms with van der Waals surface area (Å²) in [6.45, 7) is 0.414. The summed E-state index contributed by atoms with van der Waals surface area (Å²) < 4.78 is 0. The van der Waals surface area contributed by atoms with Crippen molar-refractivity contribution in [3.63, 3.8) is 0 Å². The van der Waals surface area contributed by atoms with E-state index in [1.807, 2.05) is 30.3 Å². The normalized spacial score (nSPS) is 24.6. The smallest absolute Gasteiger partial charge is 0.258 e. The molecule has 1 aliphatic rings. The molecule has 18 heavy (non-hydrogen) atoms. The van der Waals surface area contributed by atoms with Gasteiger partial charge in [0, 0.05) is 13.6 Å². The standard InChI is InChI=1S/C12H12Br2N2O2/c1-15-9(13)12(18)16(10(14)11(15)17)7-8-5-3-2-4-6-8/h2-6,9-10H,7H2,1H3. The van der Waals surface area contributed by atoms with Crippen LogP contribution in [0.15, 0.2) is 30.3 Å². The van der Waals surface area contributed by atoms with E-state index in [0.29, 0.717) is 6.54 Å². The van der Waals surface area contributed by atoms with Crippen LogP contribution in [0.1, 0.15) is 5.56 Å². The van der Waals surface area contributed by atoms with Crippen LogP contribution in [0.25, 0.3) is 0 Å². The molecule has 0 N–H and O–H groups in total. The van der Waals surface area contributed by atoms with Crippen molar-refractivity contribution in [3.05, 3.63) is 35.9 Å². The lowest BCUT2D eigenvalue weighted by Gasteiger charge is -2.39. The topological polar surface area (TPSA) is 40.6 Å². The molecule has 0 bridgehead atoms. The molecule has 6 heteroatoms. The van der Waals surface area contributed by atoms with Gasteiger partial charge in [-0.05, 0) is 5.56 Å². The van der Waals surface area contributed by atoms with Gasteiger partial charge in [-0.15, -0.1) is 0 Å². The number of hydrogen-bond acceptors (Lipinski definition) is 2. The predicted octanol–water partition coefficient (Wildman–Crippen LogP) is 1.93. The molecule has 0 saturated carbocycles. The fourth-order valence-corrected chi connectivity index (χ4v) is 2.90. The highest BCUT2D eigenvalue weighted by atomic mass is 79.9. The first kappa shape index (κ1) is 13.5. The predicted molar refractivity (Wildman–Crippen MR) is 75.2 cm³/mol. The Kier molecular flexibility index (Phi) is 4.07. The first-order valence-corrected chi connectivity index (χ1v) is 7.24. The van der Waals surface area contributed by atoms with Crippen molar-refractivity contribution in [2.24, 2.45) is 0 Å². The lowest BCUT2D eigenvalue weighted by atomic mass is 10.2. The summed E-state index contributed by atoms with van der Waals surface area (Å²) in [5.74, 6) is -0.254. The van der Waals surface area contributed by atoms with E-state index < -0.39 is 9.90 Å². The number of amides is 2. The number of alkyl halides is 2. The number of piperazine rings is 1. The molecule has 0 radical (unpaired) electrons. The molecule has 96 valence electrons. The molecular formula is C12H12Br2N2O2. The average Bonchev–Trinajstić information content (AvgIpc) is 2.40. The van der Waals surface area contributed by atoms with Crippen molar-refractivity contribution in [1.82, 2.24) is 9.80 Å². The van der Waals surface area contributed by atoms with Gasteiger partial charge in [-0.3, -0.25) is 9.59 Å². The fraction of sp³-hybridized carbons (Fsp3) is 0.333. The summed E-state index contributed by atoms with van der Waals surface area (Å²) >= 11 is 6.51. The van der Waals surface area contributed by atoms with Gasteiger partial charge < -0.3 is 9.80 Å². The molecule has 2 amide bonds. The fourth-order valence-electron chi connectivity index (χ4n) is 1.77. The summed E-state index contributed by atoms with van der Waals surface area (Å²) in [5, 5.41) is 0. The lowest BCUT2D eigenvalue weighted by Crippen LogP contribution is -2.59. The Labute approximate surface area is 122 Å². The van der Waals surface area contributed by atoms with Gasteiger partial charge in [0.15, 0.2) is 9.90 Å².